The minimum atomic E-state index is -0.155. The van der Waals surface area contributed by atoms with Gasteiger partial charge in [0.15, 0.2) is 5.11 Å². The van der Waals surface area contributed by atoms with Crippen molar-refractivity contribution < 1.29 is 4.74 Å². The summed E-state index contributed by atoms with van der Waals surface area (Å²) in [7, 11) is 1.66. The van der Waals surface area contributed by atoms with Crippen molar-refractivity contribution in [3.63, 3.8) is 0 Å². The highest BCUT2D eigenvalue weighted by Crippen LogP contribution is 2.37. The van der Waals surface area contributed by atoms with Crippen LogP contribution in [0.2, 0.25) is 0 Å². The number of rotatable bonds is 4. The Bertz CT molecular complexity index is 652. The molecule has 2 N–H and O–H groups in total. The van der Waals surface area contributed by atoms with Crippen LogP contribution in [-0.2, 0) is 5.54 Å². The summed E-state index contributed by atoms with van der Waals surface area (Å²) < 4.78 is 5.17. The Morgan fingerprint density at radius 3 is 2.48 bits per heavy atom. The third-order valence-corrected chi connectivity index (χ3v) is 4.52. The summed E-state index contributed by atoms with van der Waals surface area (Å²) in [5.41, 5.74) is 1.85. The molecule has 120 valence electrons. The summed E-state index contributed by atoms with van der Waals surface area (Å²) in [5, 5.41) is 7.39. The van der Waals surface area contributed by atoms with E-state index in [-0.39, 0.29) is 5.54 Å². The van der Waals surface area contributed by atoms with E-state index in [9.17, 15) is 0 Å². The fourth-order valence-electron chi connectivity index (χ4n) is 3.12. The number of nitrogens with one attached hydrogen (secondary N) is 2. The minimum absolute atomic E-state index is 0.155. The van der Waals surface area contributed by atoms with Gasteiger partial charge in [0.2, 0.25) is 0 Å². The van der Waals surface area contributed by atoms with Crippen LogP contribution in [0.25, 0.3) is 0 Å². The molecule has 3 rings (SSSR count). The topological polar surface area (TPSA) is 46.2 Å². The SMILES string of the molecule is COc1ccc(NC(=S)NC2(c3ccccn3)CCCC2)cc1. The van der Waals surface area contributed by atoms with Crippen molar-refractivity contribution >= 4 is 23.0 Å². The summed E-state index contributed by atoms with van der Waals surface area (Å²) in [4.78, 5) is 4.55. The molecule has 1 aromatic carbocycles. The number of hydrogen-bond acceptors (Lipinski definition) is 3. The van der Waals surface area contributed by atoms with Crippen LogP contribution in [-0.4, -0.2) is 17.2 Å². The molecule has 0 saturated heterocycles. The Morgan fingerprint density at radius 1 is 1.13 bits per heavy atom. The van der Waals surface area contributed by atoms with Crippen LogP contribution >= 0.6 is 12.2 Å². The lowest BCUT2D eigenvalue weighted by Crippen LogP contribution is -2.46. The van der Waals surface area contributed by atoms with Crippen molar-refractivity contribution in [2.24, 2.45) is 0 Å². The van der Waals surface area contributed by atoms with Crippen LogP contribution in [0.3, 0.4) is 0 Å². The zero-order valence-electron chi connectivity index (χ0n) is 13.2. The molecule has 5 heteroatoms. The van der Waals surface area contributed by atoms with Gasteiger partial charge in [-0.3, -0.25) is 4.98 Å². The van der Waals surface area contributed by atoms with Crippen molar-refractivity contribution in [2.75, 3.05) is 12.4 Å². The molecule has 1 saturated carbocycles. The van der Waals surface area contributed by atoms with Gasteiger partial charge in [0.1, 0.15) is 5.75 Å². The molecule has 0 radical (unpaired) electrons. The molecule has 1 fully saturated rings. The smallest absolute Gasteiger partial charge is 0.171 e. The van der Waals surface area contributed by atoms with Crippen molar-refractivity contribution in [2.45, 2.75) is 31.2 Å². The van der Waals surface area contributed by atoms with E-state index in [0.29, 0.717) is 5.11 Å². The first-order valence-electron chi connectivity index (χ1n) is 7.87. The highest BCUT2D eigenvalue weighted by Gasteiger charge is 2.37. The standard InChI is InChI=1S/C18H21N3OS/c1-22-15-9-7-14(8-10-15)20-17(23)21-18(11-3-4-12-18)16-6-2-5-13-19-16/h2,5-10,13H,3-4,11-12H2,1H3,(H2,20,21,23). The van der Waals surface area contributed by atoms with E-state index in [4.69, 9.17) is 17.0 Å². The lowest BCUT2D eigenvalue weighted by molar-refractivity contribution is 0.396. The van der Waals surface area contributed by atoms with Gasteiger partial charge >= 0.3 is 0 Å². The lowest BCUT2D eigenvalue weighted by atomic mass is 9.93. The predicted molar refractivity (Wildman–Crippen MR) is 96.7 cm³/mol. The number of anilines is 1. The van der Waals surface area contributed by atoms with Gasteiger partial charge < -0.3 is 15.4 Å². The Balaban J connectivity index is 1.71. The third-order valence-electron chi connectivity index (χ3n) is 4.31. The molecule has 1 heterocycles. The molecule has 0 unspecified atom stereocenters. The van der Waals surface area contributed by atoms with E-state index in [2.05, 4.69) is 21.7 Å². The highest BCUT2D eigenvalue weighted by atomic mass is 32.1. The molecule has 0 bridgehead atoms. The lowest BCUT2D eigenvalue weighted by Gasteiger charge is -2.31. The summed E-state index contributed by atoms with van der Waals surface area (Å²) in [5.74, 6) is 0.829. The second-order valence-electron chi connectivity index (χ2n) is 5.81. The molecular formula is C18H21N3OS. The number of ether oxygens (including phenoxy) is 1. The second-order valence-corrected chi connectivity index (χ2v) is 6.22. The van der Waals surface area contributed by atoms with Gasteiger partial charge in [-0.15, -0.1) is 0 Å². The molecule has 1 aliphatic rings. The van der Waals surface area contributed by atoms with Gasteiger partial charge in [-0.25, -0.2) is 0 Å². The van der Waals surface area contributed by atoms with Crippen molar-refractivity contribution in [3.05, 3.63) is 54.4 Å². The minimum Gasteiger partial charge on any atom is -0.497 e. The predicted octanol–water partition coefficient (Wildman–Crippen LogP) is 3.85. The normalized spacial score (nSPS) is 15.9. The largest absolute Gasteiger partial charge is 0.497 e. The monoisotopic (exact) mass is 327 g/mol. The Morgan fingerprint density at radius 2 is 1.87 bits per heavy atom. The Labute approximate surface area is 142 Å². The van der Waals surface area contributed by atoms with Crippen LogP contribution < -0.4 is 15.4 Å². The number of pyridine rings is 1. The molecule has 1 aromatic heterocycles. The van der Waals surface area contributed by atoms with Gasteiger partial charge in [0.05, 0.1) is 18.3 Å². The molecule has 0 atom stereocenters. The molecule has 23 heavy (non-hydrogen) atoms. The summed E-state index contributed by atoms with van der Waals surface area (Å²) >= 11 is 5.52. The fraction of sp³-hybridized carbons (Fsp3) is 0.333. The quantitative estimate of drug-likeness (QED) is 0.835. The zero-order valence-corrected chi connectivity index (χ0v) is 14.0. The molecule has 4 nitrogen and oxygen atoms in total. The average Bonchev–Trinajstić information content (AvgIpc) is 3.06. The highest BCUT2D eigenvalue weighted by molar-refractivity contribution is 7.80. The first-order chi connectivity index (χ1) is 11.2. The number of thiocarbonyl (C=S) groups is 1. The maximum Gasteiger partial charge on any atom is 0.171 e. The molecule has 2 aromatic rings. The number of hydrogen-bond donors (Lipinski definition) is 2. The average molecular weight is 327 g/mol. The van der Waals surface area contributed by atoms with Crippen molar-refractivity contribution in [1.29, 1.82) is 0 Å². The summed E-state index contributed by atoms with van der Waals surface area (Å²) in [6.07, 6.45) is 6.32. The van der Waals surface area contributed by atoms with Crippen LogP contribution in [0.5, 0.6) is 5.75 Å². The van der Waals surface area contributed by atoms with Crippen LogP contribution in [0.1, 0.15) is 31.4 Å². The number of aromatic nitrogens is 1. The van der Waals surface area contributed by atoms with E-state index in [1.807, 2.05) is 42.6 Å². The fourth-order valence-corrected chi connectivity index (χ4v) is 3.44. The summed E-state index contributed by atoms with van der Waals surface area (Å²) in [6.45, 7) is 0. The molecule has 1 aliphatic carbocycles. The van der Waals surface area contributed by atoms with Crippen LogP contribution in [0, 0.1) is 0 Å². The first-order valence-corrected chi connectivity index (χ1v) is 8.27. The maximum absolute atomic E-state index is 5.52. The third kappa shape index (κ3) is 3.62. The van der Waals surface area contributed by atoms with Gasteiger partial charge in [-0.1, -0.05) is 18.9 Å². The zero-order chi connectivity index (χ0) is 16.1. The van der Waals surface area contributed by atoms with Crippen LogP contribution in [0.15, 0.2) is 48.7 Å². The molecule has 0 spiro atoms. The van der Waals surface area contributed by atoms with E-state index < -0.39 is 0 Å². The number of benzene rings is 1. The van der Waals surface area contributed by atoms with E-state index in [1.54, 1.807) is 7.11 Å². The Hall–Kier alpha value is -2.14. The second kappa shape index (κ2) is 6.96. The molecule has 0 amide bonds. The summed E-state index contributed by atoms with van der Waals surface area (Å²) in [6, 6.07) is 13.8. The maximum atomic E-state index is 5.52. The van der Waals surface area contributed by atoms with Gasteiger partial charge in [0, 0.05) is 11.9 Å². The van der Waals surface area contributed by atoms with Gasteiger partial charge in [-0.2, -0.15) is 0 Å². The van der Waals surface area contributed by atoms with E-state index in [1.165, 1.54) is 12.8 Å². The van der Waals surface area contributed by atoms with Gasteiger partial charge in [-0.05, 0) is 61.5 Å². The molecular weight excluding hydrogens is 306 g/mol. The molecule has 0 aliphatic heterocycles. The number of nitrogens with zero attached hydrogens (tertiary/aromatic N) is 1. The van der Waals surface area contributed by atoms with E-state index >= 15 is 0 Å². The van der Waals surface area contributed by atoms with Gasteiger partial charge in [0.25, 0.3) is 0 Å². The Kier molecular flexibility index (Phi) is 4.76. The first kappa shape index (κ1) is 15.7. The van der Waals surface area contributed by atoms with Crippen LogP contribution in [0.4, 0.5) is 5.69 Å². The number of methoxy groups -OCH3 is 1. The van der Waals surface area contributed by atoms with E-state index in [0.717, 1.165) is 30.0 Å². The van der Waals surface area contributed by atoms with Crippen molar-refractivity contribution in [3.8, 4) is 5.75 Å². The van der Waals surface area contributed by atoms with Crippen molar-refractivity contribution in [1.82, 2.24) is 10.3 Å².